The summed E-state index contributed by atoms with van der Waals surface area (Å²) in [5.74, 6) is 1.48. The first-order valence-corrected chi connectivity index (χ1v) is 6.93. The average molecular weight is 297 g/mol. The molecule has 6 nitrogen and oxygen atoms in total. The van der Waals surface area contributed by atoms with E-state index in [1.165, 1.54) is 0 Å². The lowest BCUT2D eigenvalue weighted by Crippen LogP contribution is -2.28. The number of nitrogens with zero attached hydrogens (tertiary/aromatic N) is 6. The first-order valence-electron chi connectivity index (χ1n) is 6.55. The molecule has 0 N–H and O–H groups in total. The fourth-order valence-corrected chi connectivity index (χ4v) is 2.06. The zero-order valence-corrected chi connectivity index (χ0v) is 13.3. The van der Waals surface area contributed by atoms with Crippen LogP contribution in [0, 0.1) is 6.92 Å². The molecule has 1 heterocycles. The van der Waals surface area contributed by atoms with Gasteiger partial charge in [-0.2, -0.15) is 5.10 Å². The van der Waals surface area contributed by atoms with Gasteiger partial charge in [-0.25, -0.2) is 9.79 Å². The van der Waals surface area contributed by atoms with Gasteiger partial charge in [-0.3, -0.25) is 4.99 Å². The highest BCUT2D eigenvalue weighted by Crippen LogP contribution is 2.21. The third-order valence-corrected chi connectivity index (χ3v) is 2.88. The predicted molar refractivity (Wildman–Crippen MR) is 84.2 cm³/mol. The Balaban J connectivity index is 3.20. The van der Waals surface area contributed by atoms with Gasteiger partial charge in [-0.05, 0) is 33.3 Å². The van der Waals surface area contributed by atoms with Crippen LogP contribution in [0.5, 0.6) is 0 Å². The van der Waals surface area contributed by atoms with E-state index in [-0.39, 0.29) is 6.04 Å². The maximum absolute atomic E-state index is 6.07. The third kappa shape index (κ3) is 3.90. The van der Waals surface area contributed by atoms with Crippen molar-refractivity contribution < 1.29 is 0 Å². The fourth-order valence-electron chi connectivity index (χ4n) is 1.82. The van der Waals surface area contributed by atoms with Crippen LogP contribution in [0.15, 0.2) is 22.2 Å². The molecule has 0 aromatic carbocycles. The Labute approximate surface area is 124 Å². The Bertz CT molecular complexity index is 517. The van der Waals surface area contributed by atoms with Crippen molar-refractivity contribution in [1.29, 1.82) is 0 Å². The number of aryl methyl sites for hydroxylation is 1. The van der Waals surface area contributed by atoms with Gasteiger partial charge in [0, 0.05) is 13.3 Å². The summed E-state index contributed by atoms with van der Waals surface area (Å²) in [4.78, 5) is 4.46. The molecule has 0 radical (unpaired) electrons. The minimum Gasteiger partial charge on any atom is -0.262 e. The first-order chi connectivity index (χ1) is 9.54. The molecule has 1 rings (SSSR count). The van der Waals surface area contributed by atoms with E-state index in [1.54, 1.807) is 17.4 Å². The van der Waals surface area contributed by atoms with Crippen LogP contribution >= 0.6 is 11.6 Å². The van der Waals surface area contributed by atoms with Gasteiger partial charge in [0.1, 0.15) is 11.2 Å². The molecule has 20 heavy (non-hydrogen) atoms. The Morgan fingerprint density at radius 3 is 2.70 bits per heavy atom. The molecule has 0 spiro atoms. The second kappa shape index (κ2) is 7.79. The largest absolute Gasteiger partial charge is 0.262 e. The second-order valence-corrected chi connectivity index (χ2v) is 4.54. The van der Waals surface area contributed by atoms with Gasteiger partial charge in [-0.15, -0.1) is 10.2 Å². The van der Waals surface area contributed by atoms with E-state index < -0.39 is 0 Å². The van der Waals surface area contributed by atoms with Gasteiger partial charge in [0.25, 0.3) is 0 Å². The molecule has 0 unspecified atom stereocenters. The number of hydrogen-bond acceptors (Lipinski definition) is 5. The lowest BCUT2D eigenvalue weighted by molar-refractivity contribution is 0.561. The minimum absolute atomic E-state index is 0.158. The number of aromatic nitrogens is 3. The summed E-state index contributed by atoms with van der Waals surface area (Å²) in [5.41, 5.74) is 0. The van der Waals surface area contributed by atoms with E-state index in [1.807, 2.05) is 45.5 Å². The van der Waals surface area contributed by atoms with E-state index in [9.17, 15) is 0 Å². The van der Waals surface area contributed by atoms with E-state index in [0.29, 0.717) is 5.17 Å². The number of halogens is 1. The molecule has 1 aromatic rings. The van der Waals surface area contributed by atoms with Crippen LogP contribution in [0.2, 0.25) is 0 Å². The lowest BCUT2D eigenvalue weighted by atomic mass is 10.2. The molecule has 0 aliphatic heterocycles. The summed E-state index contributed by atoms with van der Waals surface area (Å²) in [6.07, 6.45) is 6.09. The topological polar surface area (TPSA) is 58.7 Å². The van der Waals surface area contributed by atoms with E-state index in [2.05, 4.69) is 20.3 Å². The van der Waals surface area contributed by atoms with Crippen molar-refractivity contribution in [3.63, 3.8) is 0 Å². The molecular weight excluding hydrogens is 276 g/mol. The molecule has 7 heteroatoms. The van der Waals surface area contributed by atoms with E-state index in [0.717, 1.165) is 18.1 Å². The van der Waals surface area contributed by atoms with Crippen LogP contribution in [-0.4, -0.2) is 33.3 Å². The molecule has 0 saturated heterocycles. The Hall–Kier alpha value is -1.69. The van der Waals surface area contributed by atoms with Crippen molar-refractivity contribution in [3.8, 4) is 0 Å². The normalized spacial score (nSPS) is 14.4. The van der Waals surface area contributed by atoms with Gasteiger partial charge in [-0.1, -0.05) is 24.6 Å². The van der Waals surface area contributed by atoms with Crippen LogP contribution in [0.1, 0.15) is 44.9 Å². The molecule has 0 fully saturated rings. The Kier molecular flexibility index (Phi) is 6.38. The molecule has 0 amide bonds. The van der Waals surface area contributed by atoms with Crippen LogP contribution in [-0.2, 0) is 0 Å². The highest BCUT2D eigenvalue weighted by molar-refractivity contribution is 6.68. The van der Waals surface area contributed by atoms with Gasteiger partial charge < -0.3 is 0 Å². The zero-order chi connectivity index (χ0) is 15.1. The molecule has 0 aliphatic rings. The first kappa shape index (κ1) is 16.4. The fraction of sp³-hybridized carbons (Fsp3) is 0.538. The zero-order valence-electron chi connectivity index (χ0n) is 12.6. The summed E-state index contributed by atoms with van der Waals surface area (Å²) >= 11 is 6.07. The standard InChI is InChI=1S/C13H21ClN6/c1-6-9-12(14)16-11(7-2)13-18-17-10(4)20(13)19(5)15-8-3/h6,8-9,11H,7H2,1-5H3/b9-6+,15-8-,16-12?/t11-/m0/s1. The maximum Gasteiger partial charge on any atom is 0.178 e. The Morgan fingerprint density at radius 2 is 2.15 bits per heavy atom. The summed E-state index contributed by atoms with van der Waals surface area (Å²) in [5, 5.41) is 14.7. The van der Waals surface area contributed by atoms with E-state index >= 15 is 0 Å². The smallest absolute Gasteiger partial charge is 0.178 e. The number of allylic oxidation sites excluding steroid dienone is 2. The van der Waals surface area contributed by atoms with Crippen molar-refractivity contribution in [2.75, 3.05) is 12.2 Å². The van der Waals surface area contributed by atoms with Crippen molar-refractivity contribution in [3.05, 3.63) is 23.8 Å². The highest BCUT2D eigenvalue weighted by atomic mass is 35.5. The maximum atomic E-state index is 6.07. The van der Waals surface area contributed by atoms with Gasteiger partial charge >= 0.3 is 0 Å². The minimum atomic E-state index is -0.158. The molecule has 0 bridgehead atoms. The second-order valence-electron chi connectivity index (χ2n) is 4.16. The highest BCUT2D eigenvalue weighted by Gasteiger charge is 2.20. The van der Waals surface area contributed by atoms with Gasteiger partial charge in [0.2, 0.25) is 0 Å². The SMILES string of the molecule is C/C=N\N(C)n1c(C)nnc1[C@H](CC)N=C(Cl)/C=C/C. The molecular formula is C13H21ClN6. The van der Waals surface area contributed by atoms with Crippen LogP contribution in [0.4, 0.5) is 0 Å². The number of aliphatic imine (C=N–C) groups is 1. The summed E-state index contributed by atoms with van der Waals surface area (Å²) < 4.78 is 1.83. The molecule has 0 saturated carbocycles. The number of rotatable bonds is 6. The molecule has 0 aliphatic carbocycles. The molecule has 1 aromatic heterocycles. The quantitative estimate of drug-likeness (QED) is 0.599. The molecule has 110 valence electrons. The molecule has 1 atom stereocenters. The number of hydrazone groups is 1. The van der Waals surface area contributed by atoms with Gasteiger partial charge in [0.05, 0.1) is 0 Å². The average Bonchev–Trinajstić information content (AvgIpc) is 2.78. The number of hydrogen-bond donors (Lipinski definition) is 0. The van der Waals surface area contributed by atoms with Crippen LogP contribution < -0.4 is 5.12 Å². The van der Waals surface area contributed by atoms with E-state index in [4.69, 9.17) is 11.6 Å². The summed E-state index contributed by atoms with van der Waals surface area (Å²) in [6.45, 7) is 7.66. The van der Waals surface area contributed by atoms with Crippen molar-refractivity contribution >= 4 is 23.0 Å². The van der Waals surface area contributed by atoms with Crippen LogP contribution in [0.25, 0.3) is 0 Å². The predicted octanol–water partition coefficient (Wildman–Crippen LogP) is 2.82. The summed E-state index contributed by atoms with van der Waals surface area (Å²) in [6, 6.07) is -0.158. The van der Waals surface area contributed by atoms with Crippen molar-refractivity contribution in [2.24, 2.45) is 10.1 Å². The lowest BCUT2D eigenvalue weighted by Gasteiger charge is -2.19. The van der Waals surface area contributed by atoms with Gasteiger partial charge in [0.15, 0.2) is 11.6 Å². The summed E-state index contributed by atoms with van der Waals surface area (Å²) in [7, 11) is 1.84. The third-order valence-electron chi connectivity index (χ3n) is 2.66. The van der Waals surface area contributed by atoms with Crippen molar-refractivity contribution in [2.45, 2.75) is 40.2 Å². The van der Waals surface area contributed by atoms with Crippen molar-refractivity contribution in [1.82, 2.24) is 14.9 Å². The van der Waals surface area contributed by atoms with Crippen LogP contribution in [0.3, 0.4) is 0 Å². The monoisotopic (exact) mass is 296 g/mol. The Morgan fingerprint density at radius 1 is 1.45 bits per heavy atom.